The monoisotopic (exact) mass is 1780 g/mol. The molecule has 5 fully saturated rings. The molecule has 5 saturated heterocycles. The van der Waals surface area contributed by atoms with Crippen LogP contribution in [0, 0.1) is 47.3 Å². The van der Waals surface area contributed by atoms with E-state index < -0.39 is 60.7 Å². The van der Waals surface area contributed by atoms with E-state index in [0.717, 1.165) is 38.9 Å². The van der Waals surface area contributed by atoms with Crippen molar-refractivity contribution < 1.29 is 220 Å². The maximum Gasteiger partial charge on any atom is 1.00 e. The van der Waals surface area contributed by atoms with Crippen LogP contribution in [0.15, 0.2) is 111 Å². The van der Waals surface area contributed by atoms with Crippen LogP contribution < -0.4 is 161 Å². The van der Waals surface area contributed by atoms with Gasteiger partial charge in [-0.05, 0) is 123 Å². The molecule has 7 rings (SSSR count). The number of esters is 1. The number of rotatable bonds is 37. The second kappa shape index (κ2) is 72.8. The minimum absolute atomic E-state index is 0. The van der Waals surface area contributed by atoms with Crippen molar-refractivity contribution in [2.75, 3.05) is 141 Å². The van der Waals surface area contributed by atoms with Gasteiger partial charge in [-0.1, -0.05) is 122 Å². The summed E-state index contributed by atoms with van der Waals surface area (Å²) in [6.07, 6.45) is 10.8. The van der Waals surface area contributed by atoms with Crippen molar-refractivity contribution in [3.63, 3.8) is 0 Å². The van der Waals surface area contributed by atoms with E-state index >= 15 is 0 Å². The van der Waals surface area contributed by atoms with E-state index in [2.05, 4.69) is 125 Å². The number of nitrogens with zero attached hydrogens (tertiary/aromatic N) is 4. The van der Waals surface area contributed by atoms with Gasteiger partial charge in [-0.15, -0.1) is 0 Å². The molecule has 5 aliphatic heterocycles. The van der Waals surface area contributed by atoms with Crippen LogP contribution in [-0.4, -0.2) is 291 Å². The fourth-order valence-electron chi connectivity index (χ4n) is 12.3. The second-order valence-electron chi connectivity index (χ2n) is 26.7. The summed E-state index contributed by atoms with van der Waals surface area (Å²) in [6.45, 7) is 31.2. The first kappa shape index (κ1) is 119. The number of hydrogen-bond acceptors (Lipinski definition) is 35. The third-order valence-corrected chi connectivity index (χ3v) is 20.2. The van der Waals surface area contributed by atoms with Crippen molar-refractivity contribution >= 4 is 66.4 Å². The minimum atomic E-state index is -1.23. The summed E-state index contributed by atoms with van der Waals surface area (Å²) in [6, 6.07) is 3.52. The molecule has 5 aliphatic rings. The Labute approximate surface area is 797 Å². The van der Waals surface area contributed by atoms with Gasteiger partial charge in [0, 0.05) is 108 Å². The number of methoxy groups -OCH3 is 1. The normalized spacial score (nSPS) is 26.1. The Kier molecular flexibility index (Phi) is 72.6. The number of amides is 5. The number of aliphatic hydroxyl groups excluding tert-OH is 3. The molecular formula is C77H134K2N14O24S2. The number of aliphatic hydroxyl groups is 3. The molecule has 670 valence electrons. The van der Waals surface area contributed by atoms with E-state index in [0.29, 0.717) is 92.0 Å². The van der Waals surface area contributed by atoms with E-state index in [1.165, 1.54) is 60.8 Å². The Morgan fingerprint density at radius 2 is 0.739 bits per heavy atom. The SMILES string of the molecule is C.C.C=CCOC(=O)NCC1CC(CNC)[C@H](C)C(OC(C)=O)O1.C=CCOC(=O)NCC1CC(CNC)[C@H](C)C(Sc2ncccn2)O1.C=CCOC(=O)NCC1CC(CNC)[C@H](C)[C@@H](OC)O1.C=CCOC(=O)NCC1CC(CNC)[C@H](O)C(O)O1.C=CCOC(=O)NCC1CC(CNC)[C@H](O)C(Sc2ncccn2)O1.O=CO[O-].[H-].[K+].[K+]. The molecule has 119 heavy (non-hydrogen) atoms. The van der Waals surface area contributed by atoms with Gasteiger partial charge >= 0.3 is 139 Å². The Balaban J connectivity index is -0.000000688. The van der Waals surface area contributed by atoms with E-state index in [4.69, 9.17) is 66.9 Å². The smallest absolute Gasteiger partial charge is 1.00 e. The van der Waals surface area contributed by atoms with Crippen LogP contribution >= 0.6 is 23.5 Å². The number of thioether (sulfide) groups is 2. The first-order valence-electron chi connectivity index (χ1n) is 37.8. The molecule has 14 unspecified atom stereocenters. The molecule has 0 aliphatic carbocycles. The minimum Gasteiger partial charge on any atom is -1.00 e. The predicted octanol–water partition coefficient (Wildman–Crippen LogP) is -1.93. The van der Waals surface area contributed by atoms with Gasteiger partial charge in [0.1, 0.15) is 50.0 Å². The van der Waals surface area contributed by atoms with Crippen LogP contribution in [0.1, 0.15) is 76.1 Å². The molecule has 0 saturated carbocycles. The van der Waals surface area contributed by atoms with E-state index in [-0.39, 0.29) is 231 Å². The zero-order valence-corrected chi connectivity index (χ0v) is 77.6. The molecule has 0 spiro atoms. The van der Waals surface area contributed by atoms with Gasteiger partial charge < -0.3 is 137 Å². The first-order chi connectivity index (χ1) is 55.4. The van der Waals surface area contributed by atoms with E-state index in [1.54, 1.807) is 51.1 Å². The van der Waals surface area contributed by atoms with Crippen LogP contribution in [0.3, 0.4) is 0 Å². The van der Waals surface area contributed by atoms with Gasteiger partial charge in [-0.25, -0.2) is 43.9 Å². The summed E-state index contributed by atoms with van der Waals surface area (Å²) in [5.41, 5.74) is -0.573. The summed E-state index contributed by atoms with van der Waals surface area (Å²) in [4.78, 5) is 96.5. The molecule has 2 aromatic rings. The quantitative estimate of drug-likeness (QED) is 0.00512. The van der Waals surface area contributed by atoms with Crippen molar-refractivity contribution in [1.29, 1.82) is 0 Å². The summed E-state index contributed by atoms with van der Waals surface area (Å²) in [5, 5.41) is 68.5. The van der Waals surface area contributed by atoms with Gasteiger partial charge in [-0.3, -0.25) is 9.59 Å². The van der Waals surface area contributed by atoms with Gasteiger partial charge in [0.25, 0.3) is 6.47 Å². The molecular weight excluding hydrogens is 1650 g/mol. The zero-order chi connectivity index (χ0) is 85.3. The van der Waals surface area contributed by atoms with Gasteiger partial charge in [0.15, 0.2) is 22.9 Å². The number of aromatic nitrogens is 4. The van der Waals surface area contributed by atoms with Crippen molar-refractivity contribution in [2.45, 2.75) is 157 Å². The molecule has 5 amide bonds. The third-order valence-electron chi connectivity index (χ3n) is 18.0. The molecule has 0 aromatic carbocycles. The molecule has 2 aromatic heterocycles. The van der Waals surface area contributed by atoms with E-state index in [9.17, 15) is 44.1 Å². The molecule has 0 bridgehead atoms. The van der Waals surface area contributed by atoms with Crippen molar-refractivity contribution in [3.05, 3.63) is 100 Å². The van der Waals surface area contributed by atoms with Gasteiger partial charge in [0.05, 0.1) is 36.6 Å². The molecule has 0 radical (unpaired) electrons. The van der Waals surface area contributed by atoms with Crippen LogP contribution in [0.25, 0.3) is 0 Å². The van der Waals surface area contributed by atoms with Crippen LogP contribution in [0.2, 0.25) is 0 Å². The number of ether oxygens (including phenoxy) is 12. The standard InChI is InChI=1S/C17H26N4O3S.C16H24N4O4S.C15H26N2O5.C14H26N2O4.C12H22N2O5.CH2O3.2CH4.2K.H/c1-4-8-23-17(22)21-11-14-9-13(10-18-3)12(2)15(24-14)25-16-19-6-5-7-20-16;1-3-7-23-16(22)20-10-12-8-11(9-17-2)13(21)14(24-12)25-15-18-5-4-6-19-15;1-5-6-20-15(19)17-9-13-7-12(8-16-4)10(2)14(22-13)21-11(3)18;1-5-6-19-14(17)16-9-12-7-11(8-15-3)10(2)13(18-4)20-12;1-3-4-18-12(17)14-7-9-5-8(6-13-2)10(15)11(16)19-9;2-1-4-3;;;;;/h4-7,12-15,18H,1,8-11H2,2-3H3,(H,21,22);3-6,11-14,17,21H,1,7-10H2,2H3,(H,20,22);5,10,12-14,16H,1,6-9H2,2-4H3,(H,17,19);5,10-13,15H,1,6-9H2,2-4H3,(H,16,17);3,8-11,13,15-16H,1,4-7H2,2H3,(H,14,17);1,3H;2*1H4;;;/q;;;;;;;;2*+1;-1/p-1/t12-,13?,14?,15?;11?,12?,13-,14?;10-,12?,13?,14?;10-,11?,12?,13-;8?,9?,10-,11?;;;;;;/m00000....../s1. The average Bonchev–Trinajstić information content (AvgIpc) is 0.829. The van der Waals surface area contributed by atoms with Crippen LogP contribution in [0.4, 0.5) is 24.0 Å². The summed E-state index contributed by atoms with van der Waals surface area (Å²) >= 11 is 2.80. The van der Waals surface area contributed by atoms with Crippen molar-refractivity contribution in [3.8, 4) is 0 Å². The van der Waals surface area contributed by atoms with Gasteiger partial charge in [0.2, 0.25) is 6.29 Å². The summed E-state index contributed by atoms with van der Waals surface area (Å²) in [7, 11) is 11.0. The molecule has 13 N–H and O–H groups in total. The first-order valence-corrected chi connectivity index (χ1v) is 39.5. The van der Waals surface area contributed by atoms with Crippen LogP contribution in [0.5, 0.6) is 0 Å². The van der Waals surface area contributed by atoms with Crippen molar-refractivity contribution in [1.82, 2.24) is 73.1 Å². The largest absolute Gasteiger partial charge is 1.00 e. The fraction of sp³-hybridized carbons (Fsp3) is 0.675. The van der Waals surface area contributed by atoms with E-state index in [1.807, 2.05) is 35.1 Å². The predicted molar refractivity (Wildman–Crippen MR) is 439 cm³/mol. The number of hydrogen-bond donors (Lipinski definition) is 13. The Morgan fingerprint density at radius 1 is 0.462 bits per heavy atom. The summed E-state index contributed by atoms with van der Waals surface area (Å²) < 4.78 is 63.9. The topological polar surface area (TPSA) is 495 Å². The number of carbonyl (C=O) groups excluding carboxylic acids is 7. The Hall–Kier alpha value is -4.48. The third kappa shape index (κ3) is 50.9. The summed E-state index contributed by atoms with van der Waals surface area (Å²) in [5.74, 6) is 1.42. The van der Waals surface area contributed by atoms with Crippen LogP contribution in [-0.2, 0) is 71.3 Å². The maximum absolute atomic E-state index is 11.6. The molecule has 42 heteroatoms. The number of alkyl carbamates (subject to hydrolysis) is 5. The van der Waals surface area contributed by atoms with Crippen molar-refractivity contribution in [2.24, 2.45) is 47.3 Å². The molecule has 20 atom stereocenters. The molecule has 7 heterocycles. The maximum atomic E-state index is 11.6. The Bertz CT molecular complexity index is 2980. The molecule has 38 nitrogen and oxygen atoms in total. The number of carbonyl (C=O) groups is 7. The zero-order valence-electron chi connectivity index (χ0n) is 70.7. The van der Waals surface area contributed by atoms with Gasteiger partial charge in [-0.2, -0.15) is 0 Å². The fourth-order valence-corrected chi connectivity index (χ4v) is 14.4. The number of nitrogens with one attached hydrogen (secondary N) is 10. The Morgan fingerprint density at radius 3 is 1.06 bits per heavy atom. The second-order valence-corrected chi connectivity index (χ2v) is 28.8. The average molecular weight is 1780 g/mol.